The quantitative estimate of drug-likeness (QED) is 0.356. The first-order valence-corrected chi connectivity index (χ1v) is 10.4. The number of hydrogen-bond acceptors (Lipinski definition) is 3. The molecule has 0 aromatic heterocycles. The number of ether oxygens (including phenoxy) is 1. The topological polar surface area (TPSA) is 63.6 Å². The van der Waals surface area contributed by atoms with Crippen molar-refractivity contribution in [3.05, 3.63) is 65.7 Å². The molecule has 2 rings (SSSR count). The molecule has 2 aromatic rings. The van der Waals surface area contributed by atoms with Crippen LogP contribution < -0.4 is 4.74 Å². The molecule has 0 atom stereocenters. The monoisotopic (exact) mass is 385 g/mol. The first kappa shape index (κ1) is 23.2. The first-order valence-electron chi connectivity index (χ1n) is 8.74. The van der Waals surface area contributed by atoms with E-state index >= 15 is 0 Å². The van der Waals surface area contributed by atoms with Gasteiger partial charge < -0.3 is 4.74 Å². The molecule has 0 saturated carbocycles. The first-order chi connectivity index (χ1) is 12.0. The Kier molecular flexibility index (Phi) is 11.2. The van der Waals surface area contributed by atoms with Gasteiger partial charge in [-0.3, -0.25) is 4.55 Å². The van der Waals surface area contributed by atoms with Gasteiger partial charge in [0.25, 0.3) is 10.1 Å². The Morgan fingerprint density at radius 2 is 1.42 bits per heavy atom. The van der Waals surface area contributed by atoms with Crippen LogP contribution in [0.5, 0.6) is 5.75 Å². The van der Waals surface area contributed by atoms with Crippen LogP contribution in [0.1, 0.15) is 43.2 Å². The van der Waals surface area contributed by atoms with Crippen molar-refractivity contribution in [1.82, 2.24) is 0 Å². The number of hydrogen-bond donors (Lipinski definition) is 1. The molecule has 26 heavy (non-hydrogen) atoms. The normalized spacial score (nSPS) is 11.0. The summed E-state index contributed by atoms with van der Waals surface area (Å²) in [4.78, 5) is 0. The second-order valence-electron chi connectivity index (χ2n) is 6.19. The summed E-state index contributed by atoms with van der Waals surface area (Å²) in [6, 6.07) is 18.2. The van der Waals surface area contributed by atoms with Gasteiger partial charge in [0, 0.05) is 29.6 Å². The van der Waals surface area contributed by atoms with Crippen LogP contribution in [0.4, 0.5) is 0 Å². The van der Waals surface area contributed by atoms with Crippen molar-refractivity contribution in [2.45, 2.75) is 45.1 Å². The average molecular weight is 385 g/mol. The Balaban J connectivity index is 0.00000338. The van der Waals surface area contributed by atoms with E-state index < -0.39 is 10.1 Å². The van der Waals surface area contributed by atoms with E-state index in [0.717, 1.165) is 43.4 Å². The maximum absolute atomic E-state index is 10.6. The Hall–Kier alpha value is -0.850. The summed E-state index contributed by atoms with van der Waals surface area (Å²) >= 11 is 0. The Morgan fingerprint density at radius 1 is 0.808 bits per heavy atom. The maximum Gasteiger partial charge on any atom is 0.264 e. The van der Waals surface area contributed by atoms with Gasteiger partial charge in [-0.15, -0.1) is 0 Å². The number of rotatable bonds is 11. The molecule has 0 amide bonds. The molecule has 0 aliphatic heterocycles. The van der Waals surface area contributed by atoms with Crippen LogP contribution in [0.15, 0.2) is 54.6 Å². The van der Waals surface area contributed by atoms with Crippen LogP contribution in [0.3, 0.4) is 0 Å². The number of unbranched alkanes of at least 4 members (excludes halogenated alkanes) is 4. The molecule has 2 aromatic carbocycles. The van der Waals surface area contributed by atoms with Crippen LogP contribution in [-0.2, 0) is 23.1 Å². The van der Waals surface area contributed by atoms with Gasteiger partial charge in [-0.25, -0.2) is 0 Å². The molecule has 1 radical (unpaired) electrons. The summed E-state index contributed by atoms with van der Waals surface area (Å²) in [6.45, 7) is 0.563. The molecule has 0 bridgehead atoms. The minimum Gasteiger partial charge on any atom is -0.489 e. The summed E-state index contributed by atoms with van der Waals surface area (Å²) in [7, 11) is -3.81. The van der Waals surface area contributed by atoms with Crippen molar-refractivity contribution >= 4 is 39.7 Å². The zero-order valence-electron chi connectivity index (χ0n) is 15.4. The van der Waals surface area contributed by atoms with E-state index in [9.17, 15) is 8.42 Å². The Bertz CT molecular complexity index is 732. The molecule has 4 nitrogen and oxygen atoms in total. The SMILES string of the molecule is O=S(=O)(O)CCCCCCCc1ccccc1OCc1ccccc1.[Na]. The molecule has 0 unspecified atom stereocenters. The molecule has 0 saturated heterocycles. The van der Waals surface area contributed by atoms with Gasteiger partial charge in [0.05, 0.1) is 5.75 Å². The minimum atomic E-state index is -3.81. The predicted octanol–water partition coefficient (Wildman–Crippen LogP) is 4.27. The second kappa shape index (κ2) is 12.5. The van der Waals surface area contributed by atoms with E-state index in [1.54, 1.807) is 0 Å². The standard InChI is InChI=1S/C20H26O4S.Na/c21-25(22,23)16-10-3-1-2-7-13-19-14-8-9-15-20(19)24-17-18-11-5-4-6-12-18;/h4-6,8-9,11-12,14-15H,1-3,7,10,13,16-17H2,(H,21,22,23);. The molecule has 0 aliphatic carbocycles. The van der Waals surface area contributed by atoms with E-state index in [0.29, 0.717) is 13.0 Å². The molecule has 137 valence electrons. The summed E-state index contributed by atoms with van der Waals surface area (Å²) in [5, 5.41) is 0. The maximum atomic E-state index is 10.6. The van der Waals surface area contributed by atoms with E-state index in [1.165, 1.54) is 5.56 Å². The van der Waals surface area contributed by atoms with Crippen molar-refractivity contribution in [3.63, 3.8) is 0 Å². The number of benzene rings is 2. The van der Waals surface area contributed by atoms with Crippen LogP contribution >= 0.6 is 0 Å². The molecule has 0 heterocycles. The smallest absolute Gasteiger partial charge is 0.264 e. The largest absolute Gasteiger partial charge is 0.489 e. The zero-order chi connectivity index (χ0) is 18.0. The molecule has 1 N–H and O–H groups in total. The second-order valence-corrected chi connectivity index (χ2v) is 7.76. The summed E-state index contributed by atoms with van der Waals surface area (Å²) in [5.74, 6) is 0.793. The van der Waals surface area contributed by atoms with Crippen molar-refractivity contribution in [1.29, 1.82) is 0 Å². The van der Waals surface area contributed by atoms with Gasteiger partial charge in [-0.05, 0) is 36.5 Å². The van der Waals surface area contributed by atoms with Gasteiger partial charge in [-0.1, -0.05) is 67.8 Å². The van der Waals surface area contributed by atoms with E-state index in [4.69, 9.17) is 9.29 Å². The third kappa shape index (κ3) is 9.74. The van der Waals surface area contributed by atoms with Crippen molar-refractivity contribution in [2.24, 2.45) is 0 Å². The summed E-state index contributed by atoms with van der Waals surface area (Å²) < 4.78 is 35.9. The van der Waals surface area contributed by atoms with Gasteiger partial charge in [0.1, 0.15) is 12.4 Å². The van der Waals surface area contributed by atoms with Crippen LogP contribution in [0.25, 0.3) is 0 Å². The Labute approximate surface area is 179 Å². The van der Waals surface area contributed by atoms with Crippen LogP contribution in [0, 0.1) is 0 Å². The van der Waals surface area contributed by atoms with Gasteiger partial charge in [0.2, 0.25) is 0 Å². The Morgan fingerprint density at radius 3 is 2.15 bits per heavy atom. The van der Waals surface area contributed by atoms with Crippen LogP contribution in [0.2, 0.25) is 0 Å². The van der Waals surface area contributed by atoms with Gasteiger partial charge >= 0.3 is 0 Å². The molecular formula is C20H26NaO4S. The summed E-state index contributed by atoms with van der Waals surface area (Å²) in [5.41, 5.74) is 2.35. The minimum absolute atomic E-state index is 0. The third-order valence-electron chi connectivity index (χ3n) is 4.06. The number of aryl methyl sites for hydroxylation is 1. The predicted molar refractivity (Wildman–Crippen MR) is 106 cm³/mol. The van der Waals surface area contributed by atoms with Crippen molar-refractivity contribution in [3.8, 4) is 5.75 Å². The molecule has 0 fully saturated rings. The third-order valence-corrected chi connectivity index (χ3v) is 4.86. The van der Waals surface area contributed by atoms with Gasteiger partial charge in [-0.2, -0.15) is 8.42 Å². The molecule has 6 heteroatoms. The average Bonchev–Trinajstić information content (AvgIpc) is 2.60. The van der Waals surface area contributed by atoms with Crippen LogP contribution in [-0.4, -0.2) is 48.3 Å². The van der Waals surface area contributed by atoms with Gasteiger partial charge in [0.15, 0.2) is 0 Å². The molecule has 0 spiro atoms. The molecular weight excluding hydrogens is 359 g/mol. The van der Waals surface area contributed by atoms with E-state index in [1.807, 2.05) is 36.4 Å². The van der Waals surface area contributed by atoms with Crippen molar-refractivity contribution < 1.29 is 17.7 Å². The fourth-order valence-electron chi connectivity index (χ4n) is 2.72. The van der Waals surface area contributed by atoms with E-state index in [2.05, 4.69) is 18.2 Å². The zero-order valence-corrected chi connectivity index (χ0v) is 18.2. The van der Waals surface area contributed by atoms with Crippen molar-refractivity contribution in [2.75, 3.05) is 5.75 Å². The number of para-hydroxylation sites is 1. The fourth-order valence-corrected chi connectivity index (χ4v) is 3.29. The molecule has 0 aliphatic rings. The summed E-state index contributed by atoms with van der Waals surface area (Å²) in [6.07, 6.45) is 5.35. The van der Waals surface area contributed by atoms with E-state index in [-0.39, 0.29) is 35.3 Å². The fraction of sp³-hybridized carbons (Fsp3) is 0.400.